The molecule has 0 saturated heterocycles. The summed E-state index contributed by atoms with van der Waals surface area (Å²) in [7, 11) is -3.61. The summed E-state index contributed by atoms with van der Waals surface area (Å²) < 4.78 is 65.4. The van der Waals surface area contributed by atoms with E-state index in [1.807, 2.05) is 12.1 Å². The zero-order valence-electron chi connectivity index (χ0n) is 18.8. The number of amides is 2. The lowest BCUT2D eigenvalue weighted by Crippen LogP contribution is -2.19. The standard InChI is InChI=1S/C23H22F3N3O5S2/c1-36(32,33)29-20-14-17(6-11-21(20)30)28-22(31)27-16-4-2-15(3-5-16)12-13-35-19-9-7-18(8-10-19)34-23(24,25)26/h2-11,14,29-30H,12-13H2,1H3,(H2,27,28,31). The normalized spacial score (nSPS) is 11.6. The molecule has 3 aromatic rings. The first-order valence-electron chi connectivity index (χ1n) is 10.3. The van der Waals surface area contributed by atoms with Gasteiger partial charge in [-0.2, -0.15) is 0 Å². The number of phenols is 1. The SMILES string of the molecule is CS(=O)(=O)Nc1cc(NC(=O)Nc2ccc(CCSc3ccc(OC(F)(F)F)cc3)cc2)ccc1O. The third-order valence-electron chi connectivity index (χ3n) is 4.48. The molecule has 4 N–H and O–H groups in total. The van der Waals surface area contributed by atoms with Crippen LogP contribution < -0.4 is 20.1 Å². The molecule has 0 bridgehead atoms. The third kappa shape index (κ3) is 9.23. The Balaban J connectivity index is 1.47. The number of sulfonamides is 1. The van der Waals surface area contributed by atoms with E-state index in [9.17, 15) is 31.5 Å². The second-order valence-electron chi connectivity index (χ2n) is 7.50. The number of ether oxygens (including phenoxy) is 1. The maximum Gasteiger partial charge on any atom is 0.573 e. The number of aryl methyl sites for hydroxylation is 1. The number of rotatable bonds is 9. The van der Waals surface area contributed by atoms with Crippen LogP contribution in [-0.4, -0.2) is 37.9 Å². The number of hydrogen-bond acceptors (Lipinski definition) is 6. The Morgan fingerprint density at radius 2 is 1.58 bits per heavy atom. The van der Waals surface area contributed by atoms with Crippen LogP contribution in [0.15, 0.2) is 71.6 Å². The molecule has 0 saturated carbocycles. The monoisotopic (exact) mass is 541 g/mol. The van der Waals surface area contributed by atoms with Crippen LogP contribution in [-0.2, 0) is 16.4 Å². The predicted molar refractivity (Wildman–Crippen MR) is 133 cm³/mol. The summed E-state index contributed by atoms with van der Waals surface area (Å²) in [5.74, 6) is 0.139. The third-order valence-corrected chi connectivity index (χ3v) is 6.08. The van der Waals surface area contributed by atoms with Gasteiger partial charge >= 0.3 is 12.4 Å². The molecule has 0 unspecified atom stereocenters. The van der Waals surface area contributed by atoms with Crippen molar-refractivity contribution in [3.8, 4) is 11.5 Å². The average molecular weight is 542 g/mol. The fraction of sp³-hybridized carbons (Fsp3) is 0.174. The van der Waals surface area contributed by atoms with Gasteiger partial charge in [-0.3, -0.25) is 4.72 Å². The fourth-order valence-corrected chi connectivity index (χ4v) is 4.43. The van der Waals surface area contributed by atoms with Crippen LogP contribution in [0.25, 0.3) is 0 Å². The molecule has 192 valence electrons. The maximum absolute atomic E-state index is 12.3. The zero-order valence-corrected chi connectivity index (χ0v) is 20.4. The van der Waals surface area contributed by atoms with E-state index in [0.717, 1.165) is 16.7 Å². The van der Waals surface area contributed by atoms with Crippen LogP contribution in [0, 0.1) is 0 Å². The molecule has 0 aliphatic carbocycles. The van der Waals surface area contributed by atoms with Crippen LogP contribution in [0.3, 0.4) is 0 Å². The molecule has 0 spiro atoms. The highest BCUT2D eigenvalue weighted by Crippen LogP contribution is 2.28. The van der Waals surface area contributed by atoms with Crippen molar-refractivity contribution < 1.29 is 36.2 Å². The smallest absolute Gasteiger partial charge is 0.506 e. The lowest BCUT2D eigenvalue weighted by Gasteiger charge is -2.11. The molecular weight excluding hydrogens is 519 g/mol. The molecule has 8 nitrogen and oxygen atoms in total. The molecule has 3 rings (SSSR count). The summed E-state index contributed by atoms with van der Waals surface area (Å²) in [5, 5.41) is 15.0. The molecule has 0 aliphatic rings. The number of hydrogen-bond donors (Lipinski definition) is 4. The van der Waals surface area contributed by atoms with Gasteiger partial charge in [-0.25, -0.2) is 13.2 Å². The number of carbonyl (C=O) groups excluding carboxylic acids is 1. The quantitative estimate of drug-likeness (QED) is 0.158. The summed E-state index contributed by atoms with van der Waals surface area (Å²) in [4.78, 5) is 13.1. The van der Waals surface area contributed by atoms with Gasteiger partial charge in [-0.1, -0.05) is 12.1 Å². The fourth-order valence-electron chi connectivity index (χ4n) is 2.97. The Morgan fingerprint density at radius 3 is 2.19 bits per heavy atom. The Morgan fingerprint density at radius 1 is 0.972 bits per heavy atom. The number of thioether (sulfide) groups is 1. The topological polar surface area (TPSA) is 117 Å². The van der Waals surface area contributed by atoms with Crippen molar-refractivity contribution in [1.82, 2.24) is 0 Å². The number of carbonyl (C=O) groups is 1. The minimum atomic E-state index is -4.72. The number of aromatic hydroxyl groups is 1. The number of anilines is 3. The molecule has 2 amide bonds. The molecular formula is C23H22F3N3O5S2. The van der Waals surface area contributed by atoms with Crippen LogP contribution >= 0.6 is 11.8 Å². The van der Waals surface area contributed by atoms with E-state index < -0.39 is 22.4 Å². The van der Waals surface area contributed by atoms with Crippen molar-refractivity contribution in [1.29, 1.82) is 0 Å². The van der Waals surface area contributed by atoms with E-state index in [0.29, 0.717) is 17.9 Å². The predicted octanol–water partition coefficient (Wildman–Crippen LogP) is 5.64. The highest BCUT2D eigenvalue weighted by Gasteiger charge is 2.30. The van der Waals surface area contributed by atoms with E-state index in [1.165, 1.54) is 42.1 Å². The zero-order chi connectivity index (χ0) is 26.3. The van der Waals surface area contributed by atoms with Crippen LogP contribution in [0.4, 0.5) is 35.0 Å². The summed E-state index contributed by atoms with van der Waals surface area (Å²) in [6, 6.07) is 16.2. The second kappa shape index (κ2) is 11.4. The molecule has 0 aliphatic heterocycles. The molecule has 13 heteroatoms. The van der Waals surface area contributed by atoms with E-state index in [2.05, 4.69) is 20.1 Å². The number of phenolic OH excluding ortho intramolecular Hbond substituents is 1. The Bertz CT molecular complexity index is 1300. The number of alkyl halides is 3. The summed E-state index contributed by atoms with van der Waals surface area (Å²) in [6.07, 6.45) is -3.08. The minimum absolute atomic E-state index is 0.0666. The van der Waals surface area contributed by atoms with Gasteiger partial charge in [-0.05, 0) is 66.6 Å². The largest absolute Gasteiger partial charge is 0.573 e. The molecule has 3 aromatic carbocycles. The maximum atomic E-state index is 12.3. The first kappa shape index (κ1) is 27.0. The van der Waals surface area contributed by atoms with E-state index in [-0.39, 0.29) is 22.9 Å². The number of halogens is 3. The molecule has 36 heavy (non-hydrogen) atoms. The highest BCUT2D eigenvalue weighted by atomic mass is 32.2. The summed E-state index contributed by atoms with van der Waals surface area (Å²) in [6.45, 7) is 0. The highest BCUT2D eigenvalue weighted by molar-refractivity contribution is 7.99. The van der Waals surface area contributed by atoms with Crippen LogP contribution in [0.2, 0.25) is 0 Å². The lowest BCUT2D eigenvalue weighted by molar-refractivity contribution is -0.274. The summed E-state index contributed by atoms with van der Waals surface area (Å²) in [5.41, 5.74) is 1.73. The summed E-state index contributed by atoms with van der Waals surface area (Å²) >= 11 is 1.49. The Labute approximate surface area is 209 Å². The first-order chi connectivity index (χ1) is 16.9. The minimum Gasteiger partial charge on any atom is -0.506 e. The van der Waals surface area contributed by atoms with Gasteiger partial charge in [0.1, 0.15) is 11.5 Å². The molecule has 0 radical (unpaired) electrons. The van der Waals surface area contributed by atoms with Crippen LogP contribution in [0.1, 0.15) is 5.56 Å². The van der Waals surface area contributed by atoms with Gasteiger partial charge in [0.25, 0.3) is 0 Å². The molecule has 0 fully saturated rings. The number of benzene rings is 3. The molecule has 0 heterocycles. The van der Waals surface area contributed by atoms with Gasteiger partial charge < -0.3 is 20.5 Å². The Kier molecular flexibility index (Phi) is 8.58. The van der Waals surface area contributed by atoms with Crippen LogP contribution in [0.5, 0.6) is 11.5 Å². The van der Waals surface area contributed by atoms with Gasteiger partial charge in [0.05, 0.1) is 11.9 Å². The Hall–Kier alpha value is -3.58. The van der Waals surface area contributed by atoms with Crippen molar-refractivity contribution >= 4 is 44.9 Å². The van der Waals surface area contributed by atoms with Crippen molar-refractivity contribution in [2.75, 3.05) is 27.4 Å². The van der Waals surface area contributed by atoms with Gasteiger partial charge in [-0.15, -0.1) is 24.9 Å². The van der Waals surface area contributed by atoms with Gasteiger partial charge in [0, 0.05) is 22.0 Å². The second-order valence-corrected chi connectivity index (χ2v) is 10.4. The van der Waals surface area contributed by atoms with Crippen molar-refractivity contribution in [3.05, 3.63) is 72.3 Å². The van der Waals surface area contributed by atoms with Crippen molar-refractivity contribution in [2.24, 2.45) is 0 Å². The van der Waals surface area contributed by atoms with Gasteiger partial charge in [0.15, 0.2) is 0 Å². The lowest BCUT2D eigenvalue weighted by atomic mass is 10.1. The molecule has 0 aromatic heterocycles. The van der Waals surface area contributed by atoms with E-state index in [1.54, 1.807) is 24.3 Å². The van der Waals surface area contributed by atoms with Crippen molar-refractivity contribution in [2.45, 2.75) is 17.7 Å². The first-order valence-corrected chi connectivity index (χ1v) is 13.2. The number of nitrogens with one attached hydrogen (secondary N) is 3. The van der Waals surface area contributed by atoms with E-state index >= 15 is 0 Å². The molecule has 0 atom stereocenters. The average Bonchev–Trinajstić information content (AvgIpc) is 2.76. The van der Waals surface area contributed by atoms with Gasteiger partial charge in [0.2, 0.25) is 10.0 Å². The number of urea groups is 1. The van der Waals surface area contributed by atoms with E-state index in [4.69, 9.17) is 0 Å². The van der Waals surface area contributed by atoms with Crippen molar-refractivity contribution in [3.63, 3.8) is 0 Å².